The number of piperazine rings is 1. The van der Waals surface area contributed by atoms with Gasteiger partial charge in [-0.3, -0.25) is 0 Å². The predicted octanol–water partition coefficient (Wildman–Crippen LogP) is 4.11. The molecule has 1 aliphatic heterocycles. The molecule has 1 aliphatic rings. The lowest BCUT2D eigenvalue weighted by atomic mass is 10.00. The highest BCUT2D eigenvalue weighted by Crippen LogP contribution is 2.34. The molecule has 1 fully saturated rings. The van der Waals surface area contributed by atoms with Gasteiger partial charge in [0.2, 0.25) is 5.89 Å². The monoisotopic (exact) mass is 480 g/mol. The Kier molecular flexibility index (Phi) is 5.75. The lowest BCUT2D eigenvalue weighted by Crippen LogP contribution is -2.47. The van der Waals surface area contributed by atoms with Crippen molar-refractivity contribution in [1.29, 1.82) is 0 Å². The second kappa shape index (κ2) is 8.90. The number of carboxylic acid groups (broad SMARTS) is 1. The number of aromatic nitrogens is 4. The molecule has 0 unspecified atom stereocenters. The van der Waals surface area contributed by atoms with E-state index in [1.165, 1.54) is 30.6 Å². The van der Waals surface area contributed by atoms with E-state index in [-0.39, 0.29) is 11.3 Å². The topological polar surface area (TPSA) is 108 Å². The molecule has 180 valence electrons. The summed E-state index contributed by atoms with van der Waals surface area (Å²) in [6, 6.07) is 6.58. The van der Waals surface area contributed by atoms with Crippen LogP contribution >= 0.6 is 0 Å². The molecule has 0 saturated carbocycles. The molecule has 0 atom stereocenters. The first kappa shape index (κ1) is 22.6. The Morgan fingerprint density at radius 1 is 1.03 bits per heavy atom. The van der Waals surface area contributed by atoms with Crippen molar-refractivity contribution < 1.29 is 23.2 Å². The van der Waals surface area contributed by atoms with Crippen molar-refractivity contribution in [3.05, 3.63) is 59.7 Å². The van der Waals surface area contributed by atoms with E-state index < -0.39 is 23.2 Å². The molecular weight excluding hydrogens is 458 g/mol. The van der Waals surface area contributed by atoms with Crippen LogP contribution < -0.4 is 9.80 Å². The third-order valence-corrected chi connectivity index (χ3v) is 6.02. The third kappa shape index (κ3) is 4.13. The summed E-state index contributed by atoms with van der Waals surface area (Å²) in [4.78, 5) is 28.2. The molecule has 2 aromatic carbocycles. The smallest absolute Gasteiger partial charge is 0.338 e. The maximum absolute atomic E-state index is 15.1. The minimum Gasteiger partial charge on any atom is -0.478 e. The van der Waals surface area contributed by atoms with Crippen molar-refractivity contribution in [2.45, 2.75) is 19.8 Å². The van der Waals surface area contributed by atoms with Crippen LogP contribution in [0.2, 0.25) is 0 Å². The fourth-order valence-corrected chi connectivity index (χ4v) is 4.16. The summed E-state index contributed by atoms with van der Waals surface area (Å²) >= 11 is 0. The van der Waals surface area contributed by atoms with Gasteiger partial charge >= 0.3 is 5.97 Å². The van der Waals surface area contributed by atoms with Gasteiger partial charge in [0.1, 0.15) is 23.8 Å². The highest BCUT2D eigenvalue weighted by molar-refractivity contribution is 6.00. The Balaban J connectivity index is 1.46. The first-order valence-corrected chi connectivity index (χ1v) is 11.1. The minimum atomic E-state index is -1.36. The molecule has 0 bridgehead atoms. The molecule has 2 aromatic heterocycles. The van der Waals surface area contributed by atoms with E-state index in [2.05, 4.69) is 20.1 Å². The number of carbonyl (C=O) groups is 1. The zero-order valence-corrected chi connectivity index (χ0v) is 19.1. The number of anilines is 2. The minimum absolute atomic E-state index is 0.135. The van der Waals surface area contributed by atoms with Crippen LogP contribution in [0.5, 0.6) is 0 Å². The van der Waals surface area contributed by atoms with E-state index in [0.29, 0.717) is 60.5 Å². The zero-order chi connectivity index (χ0) is 24.7. The van der Waals surface area contributed by atoms with Crippen LogP contribution in [0.3, 0.4) is 0 Å². The van der Waals surface area contributed by atoms with E-state index in [1.54, 1.807) is 0 Å². The SMILES string of the molecule is CC(C)c1nc(N2CCN(c3ncnc4c(-c5ccc(C(=O)O)c(F)c5)ccc(F)c34)CC2)no1. The number of fused-ring (bicyclic) bond motifs is 1. The number of hydrogen-bond acceptors (Lipinski definition) is 8. The lowest BCUT2D eigenvalue weighted by Gasteiger charge is -2.35. The molecule has 0 spiro atoms. The molecule has 9 nitrogen and oxygen atoms in total. The van der Waals surface area contributed by atoms with Crippen molar-refractivity contribution >= 4 is 28.6 Å². The molecule has 3 heterocycles. The van der Waals surface area contributed by atoms with Gasteiger partial charge in [-0.2, -0.15) is 4.98 Å². The van der Waals surface area contributed by atoms with Gasteiger partial charge in [0.15, 0.2) is 0 Å². The van der Waals surface area contributed by atoms with Gasteiger partial charge in [-0.15, -0.1) is 0 Å². The predicted molar refractivity (Wildman–Crippen MR) is 125 cm³/mol. The van der Waals surface area contributed by atoms with Crippen molar-refractivity contribution in [3.8, 4) is 11.1 Å². The Hall–Kier alpha value is -4.15. The Morgan fingerprint density at radius 2 is 1.77 bits per heavy atom. The van der Waals surface area contributed by atoms with Crippen LogP contribution in [0.25, 0.3) is 22.0 Å². The van der Waals surface area contributed by atoms with Crippen molar-refractivity contribution in [2.24, 2.45) is 0 Å². The number of rotatable bonds is 5. The second-order valence-electron chi connectivity index (χ2n) is 8.58. The highest BCUT2D eigenvalue weighted by atomic mass is 19.1. The summed E-state index contributed by atoms with van der Waals surface area (Å²) in [5.41, 5.74) is 0.757. The van der Waals surface area contributed by atoms with E-state index in [4.69, 9.17) is 9.63 Å². The first-order valence-electron chi connectivity index (χ1n) is 11.1. The third-order valence-electron chi connectivity index (χ3n) is 6.02. The number of benzene rings is 2. The molecule has 1 saturated heterocycles. The van der Waals surface area contributed by atoms with Crippen LogP contribution in [0, 0.1) is 11.6 Å². The second-order valence-corrected chi connectivity index (χ2v) is 8.58. The molecule has 1 N–H and O–H groups in total. The van der Waals surface area contributed by atoms with E-state index in [1.807, 2.05) is 23.6 Å². The number of hydrogen-bond donors (Lipinski definition) is 1. The van der Waals surface area contributed by atoms with Gasteiger partial charge in [-0.1, -0.05) is 19.9 Å². The summed E-state index contributed by atoms with van der Waals surface area (Å²) in [5.74, 6) is -1.05. The quantitative estimate of drug-likeness (QED) is 0.451. The summed E-state index contributed by atoms with van der Waals surface area (Å²) in [6.07, 6.45) is 1.35. The first-order chi connectivity index (χ1) is 16.8. The normalized spacial score (nSPS) is 14.2. The number of halogens is 2. The number of nitrogens with zero attached hydrogens (tertiary/aromatic N) is 6. The Labute approximate surface area is 199 Å². The van der Waals surface area contributed by atoms with Gasteiger partial charge < -0.3 is 19.4 Å². The van der Waals surface area contributed by atoms with Crippen LogP contribution in [-0.2, 0) is 0 Å². The molecule has 11 heteroatoms. The zero-order valence-electron chi connectivity index (χ0n) is 19.1. The molecule has 4 aromatic rings. The van der Waals surface area contributed by atoms with Crippen LogP contribution in [0.15, 0.2) is 41.2 Å². The van der Waals surface area contributed by atoms with Crippen LogP contribution in [0.1, 0.15) is 36.0 Å². The van der Waals surface area contributed by atoms with Gasteiger partial charge in [0.05, 0.1) is 16.5 Å². The number of aromatic carboxylic acids is 1. The Bertz CT molecular complexity index is 1420. The molecule has 0 amide bonds. The Morgan fingerprint density at radius 3 is 2.43 bits per heavy atom. The molecule has 35 heavy (non-hydrogen) atoms. The summed E-state index contributed by atoms with van der Waals surface area (Å²) in [5, 5.41) is 13.4. The lowest BCUT2D eigenvalue weighted by molar-refractivity contribution is 0.0692. The van der Waals surface area contributed by atoms with E-state index in [9.17, 15) is 9.18 Å². The average molecular weight is 480 g/mol. The summed E-state index contributed by atoms with van der Waals surface area (Å²) in [7, 11) is 0. The molecule has 0 aliphatic carbocycles. The summed E-state index contributed by atoms with van der Waals surface area (Å²) < 4.78 is 34.7. The number of carboxylic acids is 1. The summed E-state index contributed by atoms with van der Waals surface area (Å²) in [6.45, 7) is 6.23. The highest BCUT2D eigenvalue weighted by Gasteiger charge is 2.25. The standard InChI is InChI=1S/C24H22F2N6O3/c1-13(2)22-29-24(30-35-22)32-9-7-31(8-10-32)21-19-17(25)6-5-15(20(19)27-12-28-21)14-3-4-16(23(33)34)18(26)11-14/h3-6,11-13H,7-10H2,1-2H3,(H,33,34). The van der Waals surface area contributed by atoms with Crippen molar-refractivity contribution in [2.75, 3.05) is 36.0 Å². The van der Waals surface area contributed by atoms with Gasteiger partial charge in [0, 0.05) is 37.7 Å². The van der Waals surface area contributed by atoms with Crippen LogP contribution in [0.4, 0.5) is 20.5 Å². The van der Waals surface area contributed by atoms with Crippen molar-refractivity contribution in [1.82, 2.24) is 20.1 Å². The van der Waals surface area contributed by atoms with E-state index >= 15 is 4.39 Å². The van der Waals surface area contributed by atoms with Gasteiger partial charge in [0.25, 0.3) is 5.95 Å². The van der Waals surface area contributed by atoms with Crippen molar-refractivity contribution in [3.63, 3.8) is 0 Å². The maximum atomic E-state index is 15.1. The average Bonchev–Trinajstić information content (AvgIpc) is 3.35. The molecule has 5 rings (SSSR count). The fourth-order valence-electron chi connectivity index (χ4n) is 4.16. The molecule has 0 radical (unpaired) electrons. The van der Waals surface area contributed by atoms with Gasteiger partial charge in [-0.05, 0) is 35.0 Å². The largest absolute Gasteiger partial charge is 0.478 e. The maximum Gasteiger partial charge on any atom is 0.338 e. The van der Waals surface area contributed by atoms with Gasteiger partial charge in [-0.25, -0.2) is 23.5 Å². The van der Waals surface area contributed by atoms with Crippen LogP contribution in [-0.4, -0.2) is 57.4 Å². The molecular formula is C24H22F2N6O3. The van der Waals surface area contributed by atoms with E-state index in [0.717, 1.165) is 6.07 Å². The fraction of sp³-hybridized carbons (Fsp3) is 0.292.